The molecule has 7 nitrogen and oxygen atoms in total. The maximum atomic E-state index is 11.0. The van der Waals surface area contributed by atoms with E-state index in [0.29, 0.717) is 6.42 Å². The van der Waals surface area contributed by atoms with Gasteiger partial charge in [0.1, 0.15) is 6.10 Å². The van der Waals surface area contributed by atoms with Crippen LogP contribution in [0.5, 0.6) is 0 Å². The van der Waals surface area contributed by atoms with Gasteiger partial charge in [0.2, 0.25) is 0 Å². The summed E-state index contributed by atoms with van der Waals surface area (Å²) in [5, 5.41) is 16.8. The minimum Gasteiger partial charge on any atom is -0.447 e. The molecule has 0 saturated heterocycles. The number of ether oxygens (including phenoxy) is 1. The maximum Gasteiger partial charge on any atom is 0.550 e. The van der Waals surface area contributed by atoms with Gasteiger partial charge in [0.05, 0.1) is 0 Å². The predicted molar refractivity (Wildman–Crippen MR) is 56.3 cm³/mol. The van der Waals surface area contributed by atoms with Gasteiger partial charge in [-0.3, -0.25) is 0 Å². The molecule has 7 heteroatoms. The van der Waals surface area contributed by atoms with E-state index in [1.807, 2.05) is 6.92 Å². The summed E-state index contributed by atoms with van der Waals surface area (Å²) in [6.07, 6.45) is 0.312. The molecule has 0 heterocycles. The lowest BCUT2D eigenvalue weighted by atomic mass is 10.1. The molecule has 17 heavy (non-hydrogen) atoms. The molecule has 0 aromatic rings. The van der Waals surface area contributed by atoms with E-state index in [4.69, 9.17) is 14.9 Å². The number of carboxylic acid groups (broad SMARTS) is 1. The third-order valence-corrected chi connectivity index (χ3v) is 2.02. The molecule has 0 rings (SSSR count). The lowest BCUT2D eigenvalue weighted by Gasteiger charge is -2.15. The molecule has 0 aliphatic heterocycles. The second kappa shape index (κ2) is 9.71. The molecule has 0 amide bonds. The summed E-state index contributed by atoms with van der Waals surface area (Å²) in [7, 11) is 0. The number of rotatable bonds is 7. The van der Waals surface area contributed by atoms with Gasteiger partial charge in [-0.25, -0.2) is 9.68 Å². The Balaban J connectivity index is 3.87. The van der Waals surface area contributed by atoms with Gasteiger partial charge >= 0.3 is 12.3 Å². The van der Waals surface area contributed by atoms with Crippen molar-refractivity contribution in [1.29, 1.82) is 0 Å². The van der Waals surface area contributed by atoms with E-state index in [1.165, 1.54) is 0 Å². The zero-order valence-corrected chi connectivity index (χ0v) is 9.76. The van der Waals surface area contributed by atoms with Crippen LogP contribution in [0.15, 0.2) is 0 Å². The van der Waals surface area contributed by atoms with Gasteiger partial charge in [0.25, 0.3) is 0 Å². The van der Waals surface area contributed by atoms with Crippen molar-refractivity contribution >= 4 is 12.3 Å². The molecule has 0 bridgehead atoms. The minimum atomic E-state index is -1.73. The third kappa shape index (κ3) is 9.43. The highest BCUT2D eigenvalue weighted by atomic mass is 17.3. The van der Waals surface area contributed by atoms with E-state index >= 15 is 0 Å². The lowest BCUT2D eigenvalue weighted by molar-refractivity contribution is -0.217. The van der Waals surface area contributed by atoms with Crippen LogP contribution < -0.4 is 0 Å². The molecule has 0 radical (unpaired) electrons. The SMILES string of the molecule is CCCCCC(CCO)OC(=O)OOC(=O)O. The molecule has 0 saturated carbocycles. The number of carbonyl (C=O) groups excluding carboxylic acids is 1. The zero-order valence-electron chi connectivity index (χ0n) is 9.76. The maximum absolute atomic E-state index is 11.0. The van der Waals surface area contributed by atoms with Crippen LogP contribution in [0.2, 0.25) is 0 Å². The minimum absolute atomic E-state index is 0.121. The molecule has 0 aromatic heterocycles. The first kappa shape index (κ1) is 15.5. The van der Waals surface area contributed by atoms with E-state index in [1.54, 1.807) is 0 Å². The molecular weight excluding hydrogens is 232 g/mol. The number of hydrogen-bond donors (Lipinski definition) is 2. The fourth-order valence-corrected chi connectivity index (χ4v) is 1.25. The molecule has 0 aromatic carbocycles. The van der Waals surface area contributed by atoms with Crippen molar-refractivity contribution in [1.82, 2.24) is 0 Å². The first-order valence-corrected chi connectivity index (χ1v) is 5.49. The number of aliphatic hydroxyl groups is 1. The molecular formula is C10H18O7. The van der Waals surface area contributed by atoms with Crippen LogP contribution in [0.3, 0.4) is 0 Å². The third-order valence-electron chi connectivity index (χ3n) is 2.02. The van der Waals surface area contributed by atoms with Gasteiger partial charge < -0.3 is 14.9 Å². The molecule has 1 atom stereocenters. The van der Waals surface area contributed by atoms with Crippen LogP contribution in [-0.4, -0.2) is 35.2 Å². The Labute approximate surface area is 99.2 Å². The fourth-order valence-electron chi connectivity index (χ4n) is 1.25. The van der Waals surface area contributed by atoms with Crippen molar-refractivity contribution < 1.29 is 34.3 Å². The second-order valence-electron chi connectivity index (χ2n) is 3.43. The Bertz CT molecular complexity index is 229. The van der Waals surface area contributed by atoms with Crippen molar-refractivity contribution in [3.8, 4) is 0 Å². The normalized spacial score (nSPS) is 11.6. The molecule has 0 aliphatic rings. The number of aliphatic hydroxyl groups excluding tert-OH is 1. The van der Waals surface area contributed by atoms with E-state index in [-0.39, 0.29) is 13.0 Å². The lowest BCUT2D eigenvalue weighted by Crippen LogP contribution is -2.21. The Morgan fingerprint density at radius 3 is 2.41 bits per heavy atom. The van der Waals surface area contributed by atoms with Crippen molar-refractivity contribution in [3.05, 3.63) is 0 Å². The zero-order chi connectivity index (χ0) is 13.1. The summed E-state index contributed by atoms with van der Waals surface area (Å²) in [5.41, 5.74) is 0. The van der Waals surface area contributed by atoms with E-state index < -0.39 is 18.4 Å². The van der Waals surface area contributed by atoms with Gasteiger partial charge in [0, 0.05) is 13.0 Å². The highest BCUT2D eigenvalue weighted by Gasteiger charge is 2.17. The standard InChI is InChI=1S/C10H18O7/c1-2-3-4-5-8(6-7-11)15-10(14)17-16-9(12)13/h8,11H,2-7H2,1H3,(H,12,13). The highest BCUT2D eigenvalue weighted by Crippen LogP contribution is 2.11. The fraction of sp³-hybridized carbons (Fsp3) is 0.800. The van der Waals surface area contributed by atoms with Crippen molar-refractivity contribution in [2.24, 2.45) is 0 Å². The largest absolute Gasteiger partial charge is 0.550 e. The average Bonchev–Trinajstić information content (AvgIpc) is 2.27. The highest BCUT2D eigenvalue weighted by molar-refractivity contribution is 5.62. The smallest absolute Gasteiger partial charge is 0.447 e. The number of unbranched alkanes of at least 4 members (excludes halogenated alkanes) is 2. The average molecular weight is 250 g/mol. The van der Waals surface area contributed by atoms with Gasteiger partial charge in [-0.05, 0) is 12.8 Å². The van der Waals surface area contributed by atoms with Gasteiger partial charge in [-0.2, -0.15) is 9.68 Å². The quantitative estimate of drug-likeness (QED) is 0.308. The van der Waals surface area contributed by atoms with Crippen LogP contribution in [0.1, 0.15) is 39.0 Å². The van der Waals surface area contributed by atoms with Crippen LogP contribution in [0, 0.1) is 0 Å². The van der Waals surface area contributed by atoms with Crippen molar-refractivity contribution in [2.75, 3.05) is 6.61 Å². The number of hydrogen-bond acceptors (Lipinski definition) is 6. The second-order valence-corrected chi connectivity index (χ2v) is 3.43. The topological polar surface area (TPSA) is 102 Å². The van der Waals surface area contributed by atoms with Crippen molar-refractivity contribution in [3.63, 3.8) is 0 Å². The predicted octanol–water partition coefficient (Wildman–Crippen LogP) is 2.08. The van der Waals surface area contributed by atoms with Gasteiger partial charge in [-0.15, -0.1) is 0 Å². The molecule has 0 fully saturated rings. The molecule has 0 spiro atoms. The van der Waals surface area contributed by atoms with E-state index in [2.05, 4.69) is 9.78 Å². The molecule has 100 valence electrons. The van der Waals surface area contributed by atoms with E-state index in [9.17, 15) is 9.59 Å². The van der Waals surface area contributed by atoms with Gasteiger partial charge in [0.15, 0.2) is 0 Å². The Hall–Kier alpha value is -1.50. The van der Waals surface area contributed by atoms with Crippen molar-refractivity contribution in [2.45, 2.75) is 45.1 Å². The first-order valence-electron chi connectivity index (χ1n) is 5.49. The number of carbonyl (C=O) groups is 2. The summed E-state index contributed by atoms with van der Waals surface area (Å²) in [6, 6.07) is 0. The van der Waals surface area contributed by atoms with Crippen LogP contribution in [0.25, 0.3) is 0 Å². The monoisotopic (exact) mass is 250 g/mol. The first-order chi connectivity index (χ1) is 8.10. The summed E-state index contributed by atoms with van der Waals surface area (Å²) < 4.78 is 4.78. The summed E-state index contributed by atoms with van der Waals surface area (Å²) in [6.45, 7) is 1.92. The summed E-state index contributed by atoms with van der Waals surface area (Å²) in [5.74, 6) is 0. The van der Waals surface area contributed by atoms with Crippen LogP contribution >= 0.6 is 0 Å². The summed E-state index contributed by atoms with van der Waals surface area (Å²) >= 11 is 0. The molecule has 2 N–H and O–H groups in total. The Morgan fingerprint density at radius 1 is 1.18 bits per heavy atom. The van der Waals surface area contributed by atoms with E-state index in [0.717, 1.165) is 19.3 Å². The molecule has 0 aliphatic carbocycles. The Morgan fingerprint density at radius 2 is 1.88 bits per heavy atom. The van der Waals surface area contributed by atoms with Crippen LogP contribution in [0.4, 0.5) is 9.59 Å². The summed E-state index contributed by atoms with van der Waals surface area (Å²) in [4.78, 5) is 28.3. The Kier molecular flexibility index (Phi) is 8.85. The van der Waals surface area contributed by atoms with Gasteiger partial charge in [-0.1, -0.05) is 19.8 Å². The van der Waals surface area contributed by atoms with Crippen LogP contribution in [-0.2, 0) is 14.5 Å². The molecule has 1 unspecified atom stereocenters.